The van der Waals surface area contributed by atoms with E-state index in [1.807, 2.05) is 0 Å². The van der Waals surface area contributed by atoms with Gasteiger partial charge in [-0.25, -0.2) is 13.4 Å². The molecule has 0 unspecified atom stereocenters. The summed E-state index contributed by atoms with van der Waals surface area (Å²) in [5.41, 5.74) is 5.51. The number of nitrogen functional groups attached to an aromatic ring is 1. The molecule has 0 bridgehead atoms. The van der Waals surface area contributed by atoms with E-state index in [0.717, 1.165) is 6.42 Å². The maximum Gasteiger partial charge on any atom is 0.246 e. The van der Waals surface area contributed by atoms with Crippen LogP contribution in [0.2, 0.25) is 0 Å². The highest BCUT2D eigenvalue weighted by molar-refractivity contribution is 7.89. The van der Waals surface area contributed by atoms with Crippen LogP contribution in [0.4, 0.5) is 5.82 Å². The summed E-state index contributed by atoms with van der Waals surface area (Å²) in [7, 11) is -3.39. The van der Waals surface area contributed by atoms with Gasteiger partial charge in [-0.3, -0.25) is 0 Å². The minimum Gasteiger partial charge on any atom is -0.383 e. The van der Waals surface area contributed by atoms with Crippen molar-refractivity contribution in [2.24, 2.45) is 0 Å². The molecule has 0 atom stereocenters. The first kappa shape index (κ1) is 9.42. The van der Waals surface area contributed by atoms with Crippen molar-refractivity contribution in [3.63, 3.8) is 0 Å². The average Bonchev–Trinajstić information content (AvgIpc) is 2.00. The molecule has 2 heterocycles. The van der Waals surface area contributed by atoms with Crippen LogP contribution in [0.1, 0.15) is 6.42 Å². The molecule has 14 heavy (non-hydrogen) atoms. The molecule has 1 saturated heterocycles. The Hall–Kier alpha value is -1.14. The van der Waals surface area contributed by atoms with Crippen LogP contribution in [-0.2, 0) is 10.0 Å². The molecule has 6 heteroatoms. The summed E-state index contributed by atoms with van der Waals surface area (Å²) in [6.07, 6.45) is 2.39. The Labute approximate surface area is 82.6 Å². The van der Waals surface area contributed by atoms with E-state index in [4.69, 9.17) is 5.73 Å². The summed E-state index contributed by atoms with van der Waals surface area (Å²) in [6.45, 7) is 1.16. The number of nitrogens with zero attached hydrogens (tertiary/aromatic N) is 2. The lowest BCUT2D eigenvalue weighted by molar-refractivity contribution is 0.309. The third kappa shape index (κ3) is 1.36. The zero-order valence-electron chi connectivity index (χ0n) is 7.55. The van der Waals surface area contributed by atoms with E-state index in [9.17, 15) is 8.42 Å². The zero-order chi connectivity index (χ0) is 10.2. The largest absolute Gasteiger partial charge is 0.383 e. The zero-order valence-corrected chi connectivity index (χ0v) is 8.37. The maximum absolute atomic E-state index is 11.8. The standard InChI is InChI=1S/C8H11N3O2S/c9-8-7(3-1-4-10-8)14(12,13)11-5-2-6-11/h1,3-4H,2,5-6H2,(H2,9,10). The Morgan fingerprint density at radius 1 is 1.43 bits per heavy atom. The van der Waals surface area contributed by atoms with Crippen LogP contribution < -0.4 is 5.73 Å². The van der Waals surface area contributed by atoms with Crippen LogP contribution in [0.15, 0.2) is 23.2 Å². The van der Waals surface area contributed by atoms with Crippen molar-refractivity contribution in [2.45, 2.75) is 11.3 Å². The molecule has 0 radical (unpaired) electrons. The van der Waals surface area contributed by atoms with Gasteiger partial charge in [0.05, 0.1) is 0 Å². The highest BCUT2D eigenvalue weighted by Gasteiger charge is 2.30. The lowest BCUT2D eigenvalue weighted by Crippen LogP contribution is -2.42. The van der Waals surface area contributed by atoms with Crippen LogP contribution in [0.25, 0.3) is 0 Å². The number of hydrogen-bond acceptors (Lipinski definition) is 4. The summed E-state index contributed by atoms with van der Waals surface area (Å²) in [4.78, 5) is 3.87. The molecular formula is C8H11N3O2S. The second kappa shape index (κ2) is 3.21. The normalized spacial score (nSPS) is 17.7. The maximum atomic E-state index is 11.8. The Kier molecular flexibility index (Phi) is 2.16. The third-order valence-corrected chi connectivity index (χ3v) is 4.18. The molecule has 5 nitrogen and oxygen atoms in total. The topological polar surface area (TPSA) is 76.3 Å². The predicted octanol–water partition coefficient (Wildman–Crippen LogP) is 0.0582. The van der Waals surface area contributed by atoms with Gasteiger partial charge in [0.2, 0.25) is 10.0 Å². The van der Waals surface area contributed by atoms with Gasteiger partial charge in [-0.15, -0.1) is 0 Å². The Morgan fingerprint density at radius 3 is 2.64 bits per heavy atom. The van der Waals surface area contributed by atoms with Gasteiger partial charge in [-0.05, 0) is 18.6 Å². The molecule has 2 rings (SSSR count). The van der Waals surface area contributed by atoms with Gasteiger partial charge < -0.3 is 5.73 Å². The van der Waals surface area contributed by atoms with Crippen molar-refractivity contribution < 1.29 is 8.42 Å². The van der Waals surface area contributed by atoms with Crippen molar-refractivity contribution in [2.75, 3.05) is 18.8 Å². The van der Waals surface area contributed by atoms with Crippen LogP contribution >= 0.6 is 0 Å². The average molecular weight is 213 g/mol. The Morgan fingerprint density at radius 2 is 2.14 bits per heavy atom. The molecule has 1 fully saturated rings. The van der Waals surface area contributed by atoms with Crippen molar-refractivity contribution in [3.8, 4) is 0 Å². The molecule has 0 saturated carbocycles. The van der Waals surface area contributed by atoms with Crippen molar-refractivity contribution in [1.82, 2.24) is 9.29 Å². The van der Waals surface area contributed by atoms with E-state index in [0.29, 0.717) is 13.1 Å². The number of hydrogen-bond donors (Lipinski definition) is 1. The van der Waals surface area contributed by atoms with E-state index < -0.39 is 10.0 Å². The quantitative estimate of drug-likeness (QED) is 0.753. The van der Waals surface area contributed by atoms with Crippen molar-refractivity contribution in [1.29, 1.82) is 0 Å². The van der Waals surface area contributed by atoms with Crippen molar-refractivity contribution >= 4 is 15.8 Å². The van der Waals surface area contributed by atoms with Gasteiger partial charge in [-0.2, -0.15) is 4.31 Å². The summed E-state index contributed by atoms with van der Waals surface area (Å²) in [6, 6.07) is 3.05. The fraction of sp³-hybridized carbons (Fsp3) is 0.375. The van der Waals surface area contributed by atoms with Crippen LogP contribution in [-0.4, -0.2) is 30.8 Å². The summed E-state index contributed by atoms with van der Waals surface area (Å²) in [5, 5.41) is 0. The summed E-state index contributed by atoms with van der Waals surface area (Å²) < 4.78 is 25.1. The summed E-state index contributed by atoms with van der Waals surface area (Å²) >= 11 is 0. The number of anilines is 1. The van der Waals surface area contributed by atoms with E-state index in [2.05, 4.69) is 4.98 Å². The van der Waals surface area contributed by atoms with Gasteiger partial charge >= 0.3 is 0 Å². The minimum atomic E-state index is -3.39. The number of aromatic nitrogens is 1. The van der Waals surface area contributed by atoms with Crippen LogP contribution in [0.3, 0.4) is 0 Å². The second-order valence-corrected chi connectivity index (χ2v) is 5.05. The fourth-order valence-corrected chi connectivity index (χ4v) is 2.87. The number of pyridine rings is 1. The molecule has 1 aliphatic rings. The van der Waals surface area contributed by atoms with E-state index in [1.54, 1.807) is 6.07 Å². The smallest absolute Gasteiger partial charge is 0.246 e. The van der Waals surface area contributed by atoms with E-state index >= 15 is 0 Å². The monoisotopic (exact) mass is 213 g/mol. The SMILES string of the molecule is Nc1ncccc1S(=O)(=O)N1CCC1. The second-order valence-electron chi connectivity index (χ2n) is 3.14. The number of nitrogens with two attached hydrogens (primary N) is 1. The van der Waals surface area contributed by atoms with Gasteiger partial charge in [-0.1, -0.05) is 0 Å². The predicted molar refractivity (Wildman–Crippen MR) is 52.0 cm³/mol. The van der Waals surface area contributed by atoms with Gasteiger partial charge in [0.15, 0.2) is 0 Å². The molecule has 1 aromatic heterocycles. The Balaban J connectivity index is 2.43. The van der Waals surface area contributed by atoms with Gasteiger partial charge in [0.1, 0.15) is 10.7 Å². The molecule has 0 aliphatic carbocycles. The highest BCUT2D eigenvalue weighted by Crippen LogP contribution is 2.23. The summed E-state index contributed by atoms with van der Waals surface area (Å²) in [5.74, 6) is 0.0689. The van der Waals surface area contributed by atoms with E-state index in [1.165, 1.54) is 16.6 Å². The van der Waals surface area contributed by atoms with Crippen molar-refractivity contribution in [3.05, 3.63) is 18.3 Å². The van der Waals surface area contributed by atoms with E-state index in [-0.39, 0.29) is 10.7 Å². The molecule has 76 valence electrons. The first-order valence-corrected chi connectivity index (χ1v) is 5.77. The van der Waals surface area contributed by atoms with Crippen LogP contribution in [0.5, 0.6) is 0 Å². The number of rotatable bonds is 2. The first-order chi connectivity index (χ1) is 6.62. The molecule has 0 spiro atoms. The minimum absolute atomic E-state index is 0.0689. The molecular weight excluding hydrogens is 202 g/mol. The lowest BCUT2D eigenvalue weighted by atomic mass is 10.3. The number of sulfonamides is 1. The molecule has 1 aromatic rings. The van der Waals surface area contributed by atoms with Gasteiger partial charge in [0.25, 0.3) is 0 Å². The molecule has 1 aliphatic heterocycles. The first-order valence-electron chi connectivity index (χ1n) is 4.33. The molecule has 0 amide bonds. The van der Waals surface area contributed by atoms with Crippen LogP contribution in [0, 0.1) is 0 Å². The van der Waals surface area contributed by atoms with Gasteiger partial charge in [0, 0.05) is 19.3 Å². The molecule has 0 aromatic carbocycles. The third-order valence-electron chi connectivity index (χ3n) is 2.23. The fourth-order valence-electron chi connectivity index (χ4n) is 1.29. The molecule has 2 N–H and O–H groups in total. The lowest BCUT2D eigenvalue weighted by Gasteiger charge is -2.29. The highest BCUT2D eigenvalue weighted by atomic mass is 32.2. The Bertz CT molecular complexity index is 440.